The monoisotopic (exact) mass is 303 g/mol. The van der Waals surface area contributed by atoms with Gasteiger partial charge in [-0.2, -0.15) is 5.26 Å². The molecule has 1 N–H and O–H groups in total. The third-order valence-electron chi connectivity index (χ3n) is 3.89. The van der Waals surface area contributed by atoms with E-state index in [0.717, 1.165) is 12.8 Å². The molecule has 0 unspecified atom stereocenters. The lowest BCUT2D eigenvalue weighted by molar-refractivity contribution is -0.132. The Morgan fingerprint density at radius 2 is 2.14 bits per heavy atom. The number of amides is 1. The van der Waals surface area contributed by atoms with Crippen LogP contribution in [0.1, 0.15) is 38.7 Å². The lowest BCUT2D eigenvalue weighted by Gasteiger charge is -2.33. The van der Waals surface area contributed by atoms with Gasteiger partial charge in [0.2, 0.25) is 5.91 Å². The number of hydrogen-bond donors (Lipinski definition) is 1. The third-order valence-corrected chi connectivity index (χ3v) is 3.89. The topological polar surface area (TPSA) is 56.1 Å². The molecule has 4 nitrogen and oxygen atoms in total. The van der Waals surface area contributed by atoms with Crippen molar-refractivity contribution in [1.82, 2.24) is 4.90 Å². The normalized spacial score (nSPS) is 15.7. The van der Waals surface area contributed by atoms with Crippen LogP contribution in [-0.2, 0) is 4.79 Å². The van der Waals surface area contributed by atoms with E-state index in [1.165, 1.54) is 6.07 Å². The first-order valence-corrected chi connectivity index (χ1v) is 7.73. The Labute approximate surface area is 130 Å². The Morgan fingerprint density at radius 3 is 2.68 bits per heavy atom. The average Bonchev–Trinajstić information content (AvgIpc) is 2.49. The zero-order valence-corrected chi connectivity index (χ0v) is 13.1. The van der Waals surface area contributed by atoms with Crippen molar-refractivity contribution in [1.29, 1.82) is 5.26 Å². The Morgan fingerprint density at radius 1 is 1.45 bits per heavy atom. The van der Waals surface area contributed by atoms with Gasteiger partial charge in [-0.3, -0.25) is 4.79 Å². The number of carbonyl (C=O) groups is 1. The summed E-state index contributed by atoms with van der Waals surface area (Å²) in [6.07, 6.45) is 2.20. The second kappa shape index (κ2) is 7.26. The highest BCUT2D eigenvalue weighted by atomic mass is 19.1. The second-order valence-electron chi connectivity index (χ2n) is 6.20. The van der Waals surface area contributed by atoms with Gasteiger partial charge in [-0.15, -0.1) is 0 Å². The predicted molar refractivity (Wildman–Crippen MR) is 83.8 cm³/mol. The number of anilines is 1. The van der Waals surface area contributed by atoms with Crippen LogP contribution in [0, 0.1) is 23.1 Å². The average molecular weight is 303 g/mol. The van der Waals surface area contributed by atoms with Crippen LogP contribution < -0.4 is 5.32 Å². The summed E-state index contributed by atoms with van der Waals surface area (Å²) >= 11 is 0. The Hall–Kier alpha value is -2.09. The summed E-state index contributed by atoms with van der Waals surface area (Å²) in [5.41, 5.74) is 0.739. The summed E-state index contributed by atoms with van der Waals surface area (Å²) in [5, 5.41) is 11.9. The molecule has 0 aliphatic carbocycles. The van der Waals surface area contributed by atoms with E-state index in [4.69, 9.17) is 5.26 Å². The predicted octanol–water partition coefficient (Wildman–Crippen LogP) is 3.15. The number of benzene rings is 1. The number of nitrogens with zero attached hydrogens (tertiary/aromatic N) is 2. The molecular weight excluding hydrogens is 281 g/mol. The smallest absolute Gasteiger partial charge is 0.222 e. The first-order valence-electron chi connectivity index (χ1n) is 7.73. The molecule has 2 rings (SSSR count). The van der Waals surface area contributed by atoms with Crippen molar-refractivity contribution in [3.8, 4) is 6.07 Å². The number of likely N-dealkylation sites (tertiary alicyclic amines) is 1. The van der Waals surface area contributed by atoms with Crippen molar-refractivity contribution in [3.63, 3.8) is 0 Å². The maximum absolute atomic E-state index is 13.9. The van der Waals surface area contributed by atoms with Crippen LogP contribution in [0.3, 0.4) is 0 Å². The summed E-state index contributed by atoms with van der Waals surface area (Å²) in [4.78, 5) is 13.9. The fourth-order valence-corrected chi connectivity index (χ4v) is 2.67. The fraction of sp³-hybridized carbons (Fsp3) is 0.529. The van der Waals surface area contributed by atoms with Crippen molar-refractivity contribution >= 4 is 11.6 Å². The van der Waals surface area contributed by atoms with Crippen LogP contribution in [0.2, 0.25) is 0 Å². The van der Waals surface area contributed by atoms with Crippen LogP contribution >= 0.6 is 0 Å². The molecule has 1 aromatic carbocycles. The molecule has 1 saturated heterocycles. The van der Waals surface area contributed by atoms with Crippen LogP contribution in [0.25, 0.3) is 0 Å². The lowest BCUT2D eigenvalue weighted by atomic mass is 10.0. The minimum atomic E-state index is -0.405. The summed E-state index contributed by atoms with van der Waals surface area (Å²) in [6.45, 7) is 5.50. The summed E-state index contributed by atoms with van der Waals surface area (Å²) in [5.74, 6) is 0.173. The van der Waals surface area contributed by atoms with Gasteiger partial charge in [-0.05, 0) is 37.0 Å². The molecule has 1 aliphatic rings. The molecule has 1 heterocycles. The molecular formula is C17H22FN3O. The molecule has 1 fully saturated rings. The van der Waals surface area contributed by atoms with E-state index < -0.39 is 5.82 Å². The zero-order valence-electron chi connectivity index (χ0n) is 13.1. The minimum Gasteiger partial charge on any atom is -0.380 e. The molecule has 118 valence electrons. The first-order chi connectivity index (χ1) is 10.5. The van der Waals surface area contributed by atoms with Crippen molar-refractivity contribution in [2.24, 2.45) is 5.92 Å². The summed E-state index contributed by atoms with van der Waals surface area (Å²) in [7, 11) is 0. The molecule has 5 heteroatoms. The molecule has 0 atom stereocenters. The number of rotatable bonds is 4. The lowest BCUT2D eigenvalue weighted by Crippen LogP contribution is -2.42. The second-order valence-corrected chi connectivity index (χ2v) is 6.20. The van der Waals surface area contributed by atoms with Gasteiger partial charge in [-0.25, -0.2) is 4.39 Å². The van der Waals surface area contributed by atoms with E-state index in [-0.39, 0.29) is 11.9 Å². The Kier molecular flexibility index (Phi) is 5.37. The number of piperidine rings is 1. The summed E-state index contributed by atoms with van der Waals surface area (Å²) in [6, 6.07) is 6.52. The standard InChI is InChI=1S/C17H22FN3O/c1-12(2)9-17(22)21-7-5-14(6-8-21)20-16-4-3-13(11-19)10-15(16)18/h3-4,10,12,14,20H,5-9H2,1-2H3. The zero-order chi connectivity index (χ0) is 16.1. The first kappa shape index (κ1) is 16.3. The molecule has 0 aromatic heterocycles. The van der Waals surface area contributed by atoms with Gasteiger partial charge < -0.3 is 10.2 Å². The van der Waals surface area contributed by atoms with Crippen LogP contribution in [0.15, 0.2) is 18.2 Å². The molecule has 0 bridgehead atoms. The molecule has 0 radical (unpaired) electrons. The van der Waals surface area contributed by atoms with Gasteiger partial charge in [-0.1, -0.05) is 13.8 Å². The van der Waals surface area contributed by atoms with Gasteiger partial charge in [0.1, 0.15) is 5.82 Å². The largest absolute Gasteiger partial charge is 0.380 e. The van der Waals surface area contributed by atoms with Crippen LogP contribution in [0.5, 0.6) is 0 Å². The quantitative estimate of drug-likeness (QED) is 0.929. The highest BCUT2D eigenvalue weighted by Crippen LogP contribution is 2.21. The molecule has 1 aromatic rings. The Bertz CT molecular complexity index is 572. The highest BCUT2D eigenvalue weighted by molar-refractivity contribution is 5.76. The molecule has 1 amide bonds. The van der Waals surface area contributed by atoms with E-state index in [0.29, 0.717) is 36.7 Å². The third kappa shape index (κ3) is 4.20. The number of halogens is 1. The van der Waals surface area contributed by atoms with E-state index in [1.54, 1.807) is 12.1 Å². The molecule has 0 spiro atoms. The van der Waals surface area contributed by atoms with Crippen LogP contribution in [-0.4, -0.2) is 29.9 Å². The SMILES string of the molecule is CC(C)CC(=O)N1CCC(Nc2ccc(C#N)cc2F)CC1. The van der Waals surface area contributed by atoms with Crippen molar-refractivity contribution in [2.45, 2.75) is 39.2 Å². The maximum Gasteiger partial charge on any atom is 0.222 e. The Balaban J connectivity index is 1.88. The molecule has 0 saturated carbocycles. The van der Waals surface area contributed by atoms with E-state index in [9.17, 15) is 9.18 Å². The number of nitrogens with one attached hydrogen (secondary N) is 1. The molecule has 1 aliphatic heterocycles. The number of carbonyl (C=O) groups excluding carboxylic acids is 1. The van der Waals surface area contributed by atoms with Crippen molar-refractivity contribution in [2.75, 3.05) is 18.4 Å². The van der Waals surface area contributed by atoms with Gasteiger partial charge >= 0.3 is 0 Å². The van der Waals surface area contributed by atoms with Crippen molar-refractivity contribution in [3.05, 3.63) is 29.6 Å². The fourth-order valence-electron chi connectivity index (χ4n) is 2.67. The van der Waals surface area contributed by atoms with Gasteiger partial charge in [0.05, 0.1) is 17.3 Å². The van der Waals surface area contributed by atoms with Gasteiger partial charge in [0, 0.05) is 25.6 Å². The summed E-state index contributed by atoms with van der Waals surface area (Å²) < 4.78 is 13.9. The van der Waals surface area contributed by atoms with E-state index in [2.05, 4.69) is 5.32 Å². The number of nitriles is 1. The van der Waals surface area contributed by atoms with Crippen LogP contribution in [0.4, 0.5) is 10.1 Å². The number of hydrogen-bond acceptors (Lipinski definition) is 3. The minimum absolute atomic E-state index is 0.158. The highest BCUT2D eigenvalue weighted by Gasteiger charge is 2.23. The van der Waals surface area contributed by atoms with Gasteiger partial charge in [0.25, 0.3) is 0 Å². The molecule has 22 heavy (non-hydrogen) atoms. The van der Waals surface area contributed by atoms with E-state index in [1.807, 2.05) is 24.8 Å². The van der Waals surface area contributed by atoms with Crippen molar-refractivity contribution < 1.29 is 9.18 Å². The van der Waals surface area contributed by atoms with Gasteiger partial charge in [0.15, 0.2) is 0 Å². The van der Waals surface area contributed by atoms with E-state index >= 15 is 0 Å². The maximum atomic E-state index is 13.9.